The zero-order chi connectivity index (χ0) is 18.8. The maximum atomic E-state index is 12.6. The van der Waals surface area contributed by atoms with Crippen LogP contribution in [0.2, 0.25) is 0 Å². The lowest BCUT2D eigenvalue weighted by Gasteiger charge is -2.14. The zero-order valence-electron chi connectivity index (χ0n) is 13.4. The molecule has 3 N–H and O–H groups in total. The van der Waals surface area contributed by atoms with Gasteiger partial charge in [0.25, 0.3) is 15.9 Å². The lowest BCUT2D eigenvalue weighted by atomic mass is 10.2. The van der Waals surface area contributed by atoms with E-state index in [1.165, 1.54) is 25.3 Å². The Labute approximate surface area is 145 Å². The van der Waals surface area contributed by atoms with Crippen LogP contribution in [0.25, 0.3) is 0 Å². The fourth-order valence-electron chi connectivity index (χ4n) is 2.09. The Morgan fingerprint density at radius 2 is 1.72 bits per heavy atom. The lowest BCUT2D eigenvalue weighted by Crippen LogP contribution is -2.19. The Kier molecular flexibility index (Phi) is 5.04. The fourth-order valence-corrected chi connectivity index (χ4v) is 3.96. The molecule has 25 heavy (non-hydrogen) atoms. The fraction of sp³-hybridized carbons (Fsp3) is 0.133. The molecule has 2 aromatic carbocycles. The maximum Gasteiger partial charge on any atom is 0.265 e. The summed E-state index contributed by atoms with van der Waals surface area (Å²) in [6, 6.07) is 9.23. The first-order valence-corrected chi connectivity index (χ1v) is 10.2. The summed E-state index contributed by atoms with van der Waals surface area (Å²) in [7, 11) is -6.46. The van der Waals surface area contributed by atoms with Gasteiger partial charge in [-0.2, -0.15) is 0 Å². The van der Waals surface area contributed by atoms with Gasteiger partial charge in [0.05, 0.1) is 23.3 Å². The highest BCUT2D eigenvalue weighted by Gasteiger charge is 2.23. The second-order valence-electron chi connectivity index (χ2n) is 5.10. The number of sulfonamides is 1. The van der Waals surface area contributed by atoms with Crippen molar-refractivity contribution in [3.05, 3.63) is 48.0 Å². The van der Waals surface area contributed by atoms with E-state index in [0.29, 0.717) is 0 Å². The maximum absolute atomic E-state index is 12.6. The number of primary amides is 1. The number of carbonyl (C=O) groups excluding carboxylic acids is 1. The second-order valence-corrected chi connectivity index (χ2v) is 8.77. The molecule has 8 nitrogen and oxygen atoms in total. The van der Waals surface area contributed by atoms with Crippen molar-refractivity contribution in [1.29, 1.82) is 0 Å². The summed E-state index contributed by atoms with van der Waals surface area (Å²) in [5.41, 5.74) is 5.23. The molecule has 0 aromatic heterocycles. The van der Waals surface area contributed by atoms with E-state index < -0.39 is 25.8 Å². The quantitative estimate of drug-likeness (QED) is 0.763. The number of para-hydroxylation sites is 1. The van der Waals surface area contributed by atoms with Crippen molar-refractivity contribution < 1.29 is 26.4 Å². The predicted molar refractivity (Wildman–Crippen MR) is 91.9 cm³/mol. The van der Waals surface area contributed by atoms with Crippen LogP contribution in [0.1, 0.15) is 10.4 Å². The van der Waals surface area contributed by atoms with Crippen LogP contribution in [-0.4, -0.2) is 36.1 Å². The van der Waals surface area contributed by atoms with Gasteiger partial charge in [0.15, 0.2) is 9.84 Å². The van der Waals surface area contributed by atoms with Crippen molar-refractivity contribution in [2.45, 2.75) is 9.79 Å². The van der Waals surface area contributed by atoms with Gasteiger partial charge in [0, 0.05) is 12.3 Å². The Morgan fingerprint density at radius 1 is 1.08 bits per heavy atom. The first kappa shape index (κ1) is 18.7. The van der Waals surface area contributed by atoms with Crippen LogP contribution in [-0.2, 0) is 19.9 Å². The van der Waals surface area contributed by atoms with Gasteiger partial charge in [-0.3, -0.25) is 9.52 Å². The Morgan fingerprint density at radius 3 is 2.28 bits per heavy atom. The van der Waals surface area contributed by atoms with E-state index in [9.17, 15) is 21.6 Å². The number of sulfone groups is 1. The number of anilines is 1. The van der Waals surface area contributed by atoms with Crippen molar-refractivity contribution in [3.8, 4) is 5.75 Å². The van der Waals surface area contributed by atoms with Crippen LogP contribution in [0, 0.1) is 0 Å². The molecule has 0 bridgehead atoms. The average molecular weight is 384 g/mol. The molecule has 0 aliphatic carbocycles. The lowest BCUT2D eigenvalue weighted by molar-refractivity contribution is 0.100. The van der Waals surface area contributed by atoms with Crippen LogP contribution in [0.3, 0.4) is 0 Å². The Bertz CT molecular complexity index is 1030. The van der Waals surface area contributed by atoms with Crippen LogP contribution in [0.15, 0.2) is 52.3 Å². The summed E-state index contributed by atoms with van der Waals surface area (Å²) in [6.07, 6.45) is 0.997. The van der Waals surface area contributed by atoms with E-state index in [4.69, 9.17) is 10.5 Å². The highest BCUT2D eigenvalue weighted by molar-refractivity contribution is 7.93. The van der Waals surface area contributed by atoms with Gasteiger partial charge in [0.1, 0.15) is 10.6 Å². The van der Waals surface area contributed by atoms with Gasteiger partial charge < -0.3 is 10.5 Å². The third-order valence-corrected chi connectivity index (χ3v) is 5.80. The molecule has 0 saturated heterocycles. The molecule has 0 fully saturated rings. The van der Waals surface area contributed by atoms with Crippen molar-refractivity contribution in [3.63, 3.8) is 0 Å². The summed E-state index contributed by atoms with van der Waals surface area (Å²) in [6.45, 7) is 0. The summed E-state index contributed by atoms with van der Waals surface area (Å²) in [5.74, 6) is -0.940. The average Bonchev–Trinajstić information content (AvgIpc) is 2.53. The number of benzene rings is 2. The summed E-state index contributed by atoms with van der Waals surface area (Å²) >= 11 is 0. The smallest absolute Gasteiger partial charge is 0.265 e. The largest absolute Gasteiger partial charge is 0.495 e. The molecule has 0 unspecified atom stereocenters. The van der Waals surface area contributed by atoms with E-state index in [2.05, 4.69) is 4.72 Å². The molecule has 0 radical (unpaired) electrons. The Hall–Kier alpha value is -2.59. The van der Waals surface area contributed by atoms with Crippen molar-refractivity contribution in [2.24, 2.45) is 5.73 Å². The molecule has 2 rings (SSSR count). The summed E-state index contributed by atoms with van der Waals surface area (Å²) in [5, 5.41) is 0. The highest BCUT2D eigenvalue weighted by Crippen LogP contribution is 2.29. The SMILES string of the molecule is COc1cc(S(C)(=O)=O)ccc1S(=O)(=O)Nc1ccccc1C(N)=O. The van der Waals surface area contributed by atoms with E-state index in [-0.39, 0.29) is 26.8 Å². The number of carbonyl (C=O) groups is 1. The minimum absolute atomic E-state index is 0.00204. The first-order chi connectivity index (χ1) is 11.6. The van der Waals surface area contributed by atoms with Crippen LogP contribution in [0.4, 0.5) is 5.69 Å². The molecule has 0 heterocycles. The summed E-state index contributed by atoms with van der Waals surface area (Å²) in [4.78, 5) is 11.1. The third kappa shape index (κ3) is 4.09. The van der Waals surface area contributed by atoms with Crippen LogP contribution < -0.4 is 15.2 Å². The van der Waals surface area contributed by atoms with Crippen LogP contribution >= 0.6 is 0 Å². The predicted octanol–water partition coefficient (Wildman–Crippen LogP) is 0.998. The minimum Gasteiger partial charge on any atom is -0.495 e. The van der Waals surface area contributed by atoms with Gasteiger partial charge in [-0.1, -0.05) is 12.1 Å². The third-order valence-electron chi connectivity index (χ3n) is 3.29. The molecule has 0 atom stereocenters. The summed E-state index contributed by atoms with van der Waals surface area (Å²) < 4.78 is 55.7. The number of hydrogen-bond acceptors (Lipinski definition) is 6. The number of amides is 1. The van der Waals surface area contributed by atoms with Crippen molar-refractivity contribution in [2.75, 3.05) is 18.1 Å². The monoisotopic (exact) mass is 384 g/mol. The van der Waals surface area contributed by atoms with E-state index in [0.717, 1.165) is 24.5 Å². The van der Waals surface area contributed by atoms with E-state index >= 15 is 0 Å². The Balaban J connectivity index is 2.53. The number of ether oxygens (including phenoxy) is 1. The van der Waals surface area contributed by atoms with Gasteiger partial charge in [-0.25, -0.2) is 16.8 Å². The van der Waals surface area contributed by atoms with Gasteiger partial charge in [-0.15, -0.1) is 0 Å². The molecule has 134 valence electrons. The molecule has 0 saturated carbocycles. The molecule has 0 spiro atoms. The van der Waals surface area contributed by atoms with Gasteiger partial charge >= 0.3 is 0 Å². The van der Waals surface area contributed by atoms with Crippen molar-refractivity contribution in [1.82, 2.24) is 0 Å². The molecule has 1 amide bonds. The highest BCUT2D eigenvalue weighted by atomic mass is 32.2. The number of hydrogen-bond donors (Lipinski definition) is 2. The molecular weight excluding hydrogens is 368 g/mol. The molecule has 0 aliphatic rings. The number of nitrogens with one attached hydrogen (secondary N) is 1. The molecular formula is C15H16N2O6S2. The van der Waals surface area contributed by atoms with E-state index in [1.54, 1.807) is 6.07 Å². The van der Waals surface area contributed by atoms with Gasteiger partial charge in [-0.05, 0) is 24.3 Å². The zero-order valence-corrected chi connectivity index (χ0v) is 15.0. The number of nitrogens with two attached hydrogens (primary N) is 1. The standard InChI is InChI=1S/C15H16N2O6S2/c1-23-13-9-10(24(2,19)20)7-8-14(13)25(21,22)17-12-6-4-3-5-11(12)15(16)18/h3-9,17H,1-2H3,(H2,16,18). The normalized spacial score (nSPS) is 11.8. The molecule has 10 heteroatoms. The topological polar surface area (TPSA) is 133 Å². The number of rotatable bonds is 6. The first-order valence-electron chi connectivity index (χ1n) is 6.86. The van der Waals surface area contributed by atoms with Crippen LogP contribution in [0.5, 0.6) is 5.75 Å². The van der Waals surface area contributed by atoms with E-state index in [1.807, 2.05) is 0 Å². The van der Waals surface area contributed by atoms with Gasteiger partial charge in [0.2, 0.25) is 0 Å². The number of methoxy groups -OCH3 is 1. The second kappa shape index (κ2) is 6.73. The molecule has 2 aromatic rings. The van der Waals surface area contributed by atoms with Crippen molar-refractivity contribution >= 4 is 31.5 Å². The molecule has 0 aliphatic heterocycles. The minimum atomic E-state index is -4.15.